The first kappa shape index (κ1) is 16.2. The number of aliphatic hydroxyl groups excluding tert-OH is 2. The minimum atomic E-state index is -0.698. The lowest BCUT2D eigenvalue weighted by atomic mass is 9.93. The van der Waals surface area contributed by atoms with Crippen LogP contribution in [0.4, 0.5) is 0 Å². The number of nitrogens with zero attached hydrogens (tertiary/aromatic N) is 1. The van der Waals surface area contributed by atoms with E-state index in [1.807, 2.05) is 6.08 Å². The summed E-state index contributed by atoms with van der Waals surface area (Å²) in [6, 6.07) is 1.72. The highest BCUT2D eigenvalue weighted by Crippen LogP contribution is 2.47. The summed E-state index contributed by atoms with van der Waals surface area (Å²) >= 11 is 3.44. The van der Waals surface area contributed by atoms with Gasteiger partial charge in [0.2, 0.25) is 0 Å². The average molecular weight is 380 g/mol. The Morgan fingerprint density at radius 3 is 2.96 bits per heavy atom. The quantitative estimate of drug-likeness (QED) is 0.786. The highest BCUT2D eigenvalue weighted by Gasteiger charge is 2.38. The molecule has 2 aliphatic rings. The van der Waals surface area contributed by atoms with E-state index in [2.05, 4.69) is 22.5 Å². The highest BCUT2D eigenvalue weighted by molar-refractivity contribution is 9.10. The van der Waals surface area contributed by atoms with Crippen LogP contribution in [0.2, 0.25) is 0 Å². The molecule has 3 rings (SSSR count). The second-order valence-electron chi connectivity index (χ2n) is 5.75. The molecular weight excluding hydrogens is 362 g/mol. The van der Waals surface area contributed by atoms with Crippen LogP contribution in [0.1, 0.15) is 27.9 Å². The molecule has 6 heteroatoms. The fraction of sp³-hybridized carbons (Fsp3) is 0.353. The number of rotatable bonds is 4. The first-order chi connectivity index (χ1) is 11.0. The van der Waals surface area contributed by atoms with Crippen molar-refractivity contribution in [1.29, 1.82) is 0 Å². The second-order valence-corrected chi connectivity index (χ2v) is 6.60. The van der Waals surface area contributed by atoms with Gasteiger partial charge in [0.15, 0.2) is 0 Å². The van der Waals surface area contributed by atoms with Crippen molar-refractivity contribution in [3.63, 3.8) is 0 Å². The average Bonchev–Trinajstić information content (AvgIpc) is 2.82. The largest absolute Gasteiger partial charge is 0.485 e. The molecule has 2 heterocycles. The molecule has 0 aliphatic carbocycles. The van der Waals surface area contributed by atoms with Crippen molar-refractivity contribution in [2.75, 3.05) is 13.6 Å². The second kappa shape index (κ2) is 6.11. The molecule has 0 bridgehead atoms. The lowest BCUT2D eigenvalue weighted by Gasteiger charge is -2.18. The van der Waals surface area contributed by atoms with Crippen LogP contribution in [-0.2, 0) is 6.61 Å². The molecule has 2 aliphatic heterocycles. The number of likely N-dealkylation sites (N-methyl/N-ethyl adjacent to an activating group) is 1. The smallest absolute Gasteiger partial charge is 0.255 e. The van der Waals surface area contributed by atoms with Crippen molar-refractivity contribution in [3.05, 3.63) is 46.0 Å². The summed E-state index contributed by atoms with van der Waals surface area (Å²) in [5.41, 5.74) is 2.76. The van der Waals surface area contributed by atoms with Gasteiger partial charge >= 0.3 is 0 Å². The minimum Gasteiger partial charge on any atom is -0.485 e. The number of aliphatic hydroxyl groups is 2. The van der Waals surface area contributed by atoms with Crippen molar-refractivity contribution in [3.8, 4) is 5.75 Å². The Morgan fingerprint density at radius 1 is 1.57 bits per heavy atom. The Balaban J connectivity index is 2.19. The third-order valence-electron chi connectivity index (χ3n) is 4.25. The number of hydrogen-bond acceptors (Lipinski definition) is 4. The molecule has 1 aromatic rings. The van der Waals surface area contributed by atoms with Gasteiger partial charge in [-0.2, -0.15) is 0 Å². The molecule has 2 unspecified atom stereocenters. The number of ether oxygens (including phenoxy) is 1. The van der Waals surface area contributed by atoms with Crippen LogP contribution in [0, 0.1) is 0 Å². The van der Waals surface area contributed by atoms with Crippen LogP contribution in [0.5, 0.6) is 5.75 Å². The molecule has 1 aromatic carbocycles. The SMILES string of the molecule is C=CC(O)CC1Oc2c(CO)cc(Br)c3c2C1=CCN(C)C3=O. The van der Waals surface area contributed by atoms with Gasteiger partial charge in [-0.25, -0.2) is 0 Å². The van der Waals surface area contributed by atoms with E-state index < -0.39 is 6.10 Å². The lowest BCUT2D eigenvalue weighted by molar-refractivity contribution is 0.0809. The van der Waals surface area contributed by atoms with E-state index in [1.165, 1.54) is 6.08 Å². The van der Waals surface area contributed by atoms with Gasteiger partial charge in [-0.3, -0.25) is 4.79 Å². The van der Waals surface area contributed by atoms with Crippen LogP contribution in [-0.4, -0.2) is 46.8 Å². The number of amides is 1. The number of benzene rings is 1. The summed E-state index contributed by atoms with van der Waals surface area (Å²) in [7, 11) is 1.74. The maximum Gasteiger partial charge on any atom is 0.255 e. The molecule has 2 atom stereocenters. The highest BCUT2D eigenvalue weighted by atomic mass is 79.9. The van der Waals surface area contributed by atoms with Gasteiger partial charge < -0.3 is 19.8 Å². The zero-order valence-electron chi connectivity index (χ0n) is 12.8. The van der Waals surface area contributed by atoms with Crippen LogP contribution < -0.4 is 4.74 Å². The maximum atomic E-state index is 12.6. The molecule has 2 N–H and O–H groups in total. The normalized spacial score (nSPS) is 20.5. The van der Waals surface area contributed by atoms with Crippen molar-refractivity contribution < 1.29 is 19.7 Å². The molecular formula is C17H18BrNO4. The van der Waals surface area contributed by atoms with Crippen LogP contribution in [0.3, 0.4) is 0 Å². The van der Waals surface area contributed by atoms with Gasteiger partial charge in [-0.05, 0) is 22.0 Å². The molecule has 5 nitrogen and oxygen atoms in total. The third kappa shape index (κ3) is 2.60. The van der Waals surface area contributed by atoms with E-state index in [4.69, 9.17) is 4.74 Å². The molecule has 1 amide bonds. The lowest BCUT2D eigenvalue weighted by Crippen LogP contribution is -2.26. The van der Waals surface area contributed by atoms with Crippen molar-refractivity contribution >= 4 is 27.4 Å². The van der Waals surface area contributed by atoms with Gasteiger partial charge in [-0.15, -0.1) is 6.58 Å². The fourth-order valence-electron chi connectivity index (χ4n) is 3.02. The van der Waals surface area contributed by atoms with Gasteiger partial charge in [0, 0.05) is 41.2 Å². The summed E-state index contributed by atoms with van der Waals surface area (Å²) in [5, 5.41) is 19.5. The monoisotopic (exact) mass is 379 g/mol. The summed E-state index contributed by atoms with van der Waals surface area (Å²) in [5.74, 6) is 0.430. The zero-order valence-corrected chi connectivity index (χ0v) is 14.3. The van der Waals surface area contributed by atoms with Crippen molar-refractivity contribution in [2.24, 2.45) is 0 Å². The van der Waals surface area contributed by atoms with Gasteiger partial charge in [-0.1, -0.05) is 12.2 Å². The van der Waals surface area contributed by atoms with E-state index in [-0.39, 0.29) is 18.6 Å². The standard InChI is InChI=1S/C17H18BrNO4/c1-3-10(21)7-13-11-4-5-19(2)17(22)15-12(18)6-9(8-20)16(23-13)14(11)15/h3-4,6,10,13,20-21H,1,5,7-8H2,2H3. The summed E-state index contributed by atoms with van der Waals surface area (Å²) in [6.45, 7) is 3.87. The topological polar surface area (TPSA) is 70.0 Å². The Kier molecular flexibility index (Phi) is 4.31. The van der Waals surface area contributed by atoms with Gasteiger partial charge in [0.05, 0.1) is 18.3 Å². The molecule has 23 heavy (non-hydrogen) atoms. The van der Waals surface area contributed by atoms with E-state index in [1.54, 1.807) is 18.0 Å². The molecule has 0 fully saturated rings. The third-order valence-corrected chi connectivity index (χ3v) is 4.87. The zero-order chi connectivity index (χ0) is 16.7. The molecule has 0 aromatic heterocycles. The molecule has 0 saturated heterocycles. The summed E-state index contributed by atoms with van der Waals surface area (Å²) in [6.07, 6.45) is 2.70. The number of carbonyl (C=O) groups excluding carboxylic acids is 1. The molecule has 122 valence electrons. The number of carbonyl (C=O) groups is 1. The van der Waals surface area contributed by atoms with Crippen molar-refractivity contribution in [1.82, 2.24) is 4.90 Å². The number of hydrogen-bond donors (Lipinski definition) is 2. The molecule has 0 spiro atoms. The van der Waals surface area contributed by atoms with E-state index in [0.29, 0.717) is 34.3 Å². The summed E-state index contributed by atoms with van der Waals surface area (Å²) < 4.78 is 6.63. The molecule has 0 saturated carbocycles. The van der Waals surface area contributed by atoms with Crippen LogP contribution in [0.15, 0.2) is 29.3 Å². The Labute approximate surface area is 143 Å². The maximum absolute atomic E-state index is 12.6. The Morgan fingerprint density at radius 2 is 2.30 bits per heavy atom. The van der Waals surface area contributed by atoms with Gasteiger partial charge in [0.25, 0.3) is 5.91 Å². The van der Waals surface area contributed by atoms with E-state index in [9.17, 15) is 15.0 Å². The van der Waals surface area contributed by atoms with Gasteiger partial charge in [0.1, 0.15) is 11.9 Å². The first-order valence-corrected chi connectivity index (χ1v) is 8.16. The predicted molar refractivity (Wildman–Crippen MR) is 90.2 cm³/mol. The fourth-order valence-corrected chi connectivity index (χ4v) is 3.66. The Hall–Kier alpha value is -1.63. The van der Waals surface area contributed by atoms with E-state index in [0.717, 1.165) is 11.1 Å². The predicted octanol–water partition coefficient (Wildman–Crippen LogP) is 2.11. The van der Waals surface area contributed by atoms with Crippen LogP contribution in [0.25, 0.3) is 5.57 Å². The van der Waals surface area contributed by atoms with Crippen molar-refractivity contribution in [2.45, 2.75) is 25.2 Å². The first-order valence-electron chi connectivity index (χ1n) is 7.37. The molecule has 0 radical (unpaired) electrons. The van der Waals surface area contributed by atoms with E-state index >= 15 is 0 Å². The summed E-state index contributed by atoms with van der Waals surface area (Å²) in [4.78, 5) is 14.3. The van der Waals surface area contributed by atoms with Crippen LogP contribution >= 0.6 is 15.9 Å². The number of halogens is 1. The Bertz CT molecular complexity index is 713. The minimum absolute atomic E-state index is 0.0996.